The highest BCUT2D eigenvalue weighted by molar-refractivity contribution is 7.89. The third-order valence-electron chi connectivity index (χ3n) is 4.79. The largest absolute Gasteiger partial charge is 0.309 e. The summed E-state index contributed by atoms with van der Waals surface area (Å²) in [5, 5.41) is 11.5. The first-order chi connectivity index (χ1) is 12.6. The lowest BCUT2D eigenvalue weighted by Crippen LogP contribution is -2.27. The second kappa shape index (κ2) is 7.19. The van der Waals surface area contributed by atoms with E-state index in [1.165, 1.54) is 5.56 Å². The maximum Gasteiger partial charge on any atom is 0.243 e. The lowest BCUT2D eigenvalue weighted by molar-refractivity contribution is 0.477. The van der Waals surface area contributed by atoms with Gasteiger partial charge in [-0.05, 0) is 42.2 Å². The van der Waals surface area contributed by atoms with E-state index < -0.39 is 10.0 Å². The van der Waals surface area contributed by atoms with Crippen molar-refractivity contribution in [3.63, 3.8) is 0 Å². The van der Waals surface area contributed by atoms with Gasteiger partial charge >= 0.3 is 0 Å². The quantitative estimate of drug-likeness (QED) is 0.699. The predicted octanol–water partition coefficient (Wildman–Crippen LogP) is 2.64. The Balaban J connectivity index is 1.36. The molecule has 1 aliphatic heterocycles. The van der Waals surface area contributed by atoms with E-state index in [9.17, 15) is 8.42 Å². The fourth-order valence-corrected chi connectivity index (χ4v) is 4.82. The van der Waals surface area contributed by atoms with Crippen LogP contribution in [0.2, 0.25) is 0 Å². The zero-order valence-corrected chi connectivity index (χ0v) is 15.3. The van der Waals surface area contributed by atoms with E-state index >= 15 is 0 Å². The number of hydrogen-bond donors (Lipinski definition) is 2. The summed E-state index contributed by atoms with van der Waals surface area (Å²) in [6, 6.07) is 13.4. The van der Waals surface area contributed by atoms with Crippen LogP contribution in [0.25, 0.3) is 10.9 Å². The number of fused-ring (bicyclic) bond motifs is 1. The summed E-state index contributed by atoms with van der Waals surface area (Å²) in [6.45, 7) is 2.69. The lowest BCUT2D eigenvalue weighted by atomic mass is 10.1. The summed E-state index contributed by atoms with van der Waals surface area (Å²) in [7, 11) is -3.33. The van der Waals surface area contributed by atoms with Gasteiger partial charge in [-0.2, -0.15) is 9.40 Å². The van der Waals surface area contributed by atoms with Crippen molar-refractivity contribution in [2.45, 2.75) is 30.8 Å². The molecule has 0 aliphatic carbocycles. The summed E-state index contributed by atoms with van der Waals surface area (Å²) in [5.41, 5.74) is 3.27. The van der Waals surface area contributed by atoms with Crippen molar-refractivity contribution in [1.29, 1.82) is 0 Å². The maximum atomic E-state index is 12.5. The molecule has 7 heteroatoms. The highest BCUT2D eigenvalue weighted by Gasteiger charge is 2.26. The molecule has 0 unspecified atom stereocenters. The number of sulfonamides is 1. The minimum atomic E-state index is -3.33. The van der Waals surface area contributed by atoms with Gasteiger partial charge in [-0.3, -0.25) is 5.10 Å². The average Bonchev–Trinajstić information content (AvgIpc) is 3.34. The van der Waals surface area contributed by atoms with E-state index in [-0.39, 0.29) is 0 Å². The van der Waals surface area contributed by atoms with E-state index in [1.54, 1.807) is 16.4 Å². The van der Waals surface area contributed by atoms with E-state index in [0.717, 1.165) is 35.9 Å². The normalized spacial score (nSPS) is 15.7. The number of H-pyrrole nitrogens is 1. The number of nitrogens with zero attached hydrogens (tertiary/aromatic N) is 2. The minimum absolute atomic E-state index is 0.382. The van der Waals surface area contributed by atoms with E-state index in [1.807, 2.05) is 24.4 Å². The van der Waals surface area contributed by atoms with Crippen LogP contribution in [0.1, 0.15) is 24.0 Å². The molecule has 0 amide bonds. The SMILES string of the molecule is O=S(=O)(c1ccc(CNCc2ccc3cn[nH]c3c2)cc1)N1CCCC1. The van der Waals surface area contributed by atoms with E-state index in [0.29, 0.717) is 24.5 Å². The van der Waals surface area contributed by atoms with Crippen molar-refractivity contribution in [3.8, 4) is 0 Å². The zero-order valence-electron chi connectivity index (χ0n) is 14.5. The number of nitrogens with one attached hydrogen (secondary N) is 2. The molecule has 26 heavy (non-hydrogen) atoms. The molecule has 0 radical (unpaired) electrons. The number of aromatic nitrogens is 2. The summed E-state index contributed by atoms with van der Waals surface area (Å²) in [4.78, 5) is 0.382. The molecule has 2 heterocycles. The molecular weight excluding hydrogens is 348 g/mol. The van der Waals surface area contributed by atoms with Crippen LogP contribution < -0.4 is 5.32 Å². The molecule has 1 fully saturated rings. The topological polar surface area (TPSA) is 78.1 Å². The minimum Gasteiger partial charge on any atom is -0.309 e. The number of benzene rings is 2. The van der Waals surface area contributed by atoms with Gasteiger partial charge in [0.1, 0.15) is 0 Å². The third kappa shape index (κ3) is 3.51. The Bertz CT molecular complexity index is 990. The molecular formula is C19H22N4O2S. The molecule has 3 aromatic rings. The molecule has 1 aliphatic rings. The highest BCUT2D eigenvalue weighted by atomic mass is 32.2. The molecule has 4 rings (SSSR count). The smallest absolute Gasteiger partial charge is 0.243 e. The number of hydrogen-bond acceptors (Lipinski definition) is 4. The van der Waals surface area contributed by atoms with Crippen molar-refractivity contribution in [3.05, 3.63) is 59.8 Å². The van der Waals surface area contributed by atoms with Crippen molar-refractivity contribution in [1.82, 2.24) is 19.8 Å². The first-order valence-corrected chi connectivity index (χ1v) is 10.3. The van der Waals surface area contributed by atoms with Gasteiger partial charge in [-0.1, -0.05) is 24.3 Å². The summed E-state index contributed by atoms with van der Waals surface area (Å²) in [6.07, 6.45) is 3.71. The fourth-order valence-electron chi connectivity index (χ4n) is 3.30. The molecule has 0 atom stereocenters. The van der Waals surface area contributed by atoms with E-state index in [2.05, 4.69) is 27.6 Å². The number of rotatable bonds is 6. The van der Waals surface area contributed by atoms with Gasteiger partial charge in [0.2, 0.25) is 10.0 Å². The molecule has 2 N–H and O–H groups in total. The molecule has 0 spiro atoms. The second-order valence-electron chi connectivity index (χ2n) is 6.65. The van der Waals surface area contributed by atoms with Crippen LogP contribution in [-0.4, -0.2) is 36.0 Å². The van der Waals surface area contributed by atoms with Gasteiger partial charge in [0, 0.05) is 31.6 Å². The van der Waals surface area contributed by atoms with Crippen molar-refractivity contribution >= 4 is 20.9 Å². The maximum absolute atomic E-state index is 12.5. The highest BCUT2D eigenvalue weighted by Crippen LogP contribution is 2.21. The second-order valence-corrected chi connectivity index (χ2v) is 8.59. The number of aromatic amines is 1. The molecule has 1 saturated heterocycles. The average molecular weight is 370 g/mol. The van der Waals surface area contributed by atoms with Crippen LogP contribution in [0.15, 0.2) is 53.6 Å². The Morgan fingerprint density at radius 2 is 1.69 bits per heavy atom. The van der Waals surface area contributed by atoms with Gasteiger partial charge in [-0.25, -0.2) is 8.42 Å². The monoisotopic (exact) mass is 370 g/mol. The van der Waals surface area contributed by atoms with Crippen LogP contribution in [-0.2, 0) is 23.1 Å². The third-order valence-corrected chi connectivity index (χ3v) is 6.70. The first kappa shape index (κ1) is 17.2. The molecule has 136 valence electrons. The van der Waals surface area contributed by atoms with Crippen LogP contribution in [0.4, 0.5) is 0 Å². The Hall–Kier alpha value is -2.22. The zero-order chi connectivity index (χ0) is 18.0. The molecule has 0 saturated carbocycles. The van der Waals surface area contributed by atoms with Gasteiger partial charge < -0.3 is 5.32 Å². The van der Waals surface area contributed by atoms with Gasteiger partial charge in [-0.15, -0.1) is 0 Å². The molecule has 6 nitrogen and oxygen atoms in total. The van der Waals surface area contributed by atoms with Crippen molar-refractivity contribution in [2.75, 3.05) is 13.1 Å². The molecule has 1 aromatic heterocycles. The fraction of sp³-hybridized carbons (Fsp3) is 0.316. The standard InChI is InChI=1S/C19H22N4O2S/c24-26(25,23-9-1-2-10-23)18-7-4-15(5-8-18)12-20-13-16-3-6-17-14-21-22-19(17)11-16/h3-8,11,14,20H,1-2,9-10,12-13H2,(H,21,22). The van der Waals surface area contributed by atoms with Gasteiger partial charge in [0.15, 0.2) is 0 Å². The predicted molar refractivity (Wildman–Crippen MR) is 101 cm³/mol. The summed E-state index contributed by atoms with van der Waals surface area (Å²) >= 11 is 0. The van der Waals surface area contributed by atoms with E-state index in [4.69, 9.17) is 0 Å². The van der Waals surface area contributed by atoms with Gasteiger partial charge in [0.05, 0.1) is 16.6 Å². The summed E-state index contributed by atoms with van der Waals surface area (Å²) in [5.74, 6) is 0. The van der Waals surface area contributed by atoms with Crippen LogP contribution in [0, 0.1) is 0 Å². The van der Waals surface area contributed by atoms with Crippen LogP contribution in [0.5, 0.6) is 0 Å². The first-order valence-electron chi connectivity index (χ1n) is 8.85. The Labute approximate surface area is 153 Å². The Morgan fingerprint density at radius 1 is 1.00 bits per heavy atom. The molecule has 2 aromatic carbocycles. The Morgan fingerprint density at radius 3 is 2.46 bits per heavy atom. The van der Waals surface area contributed by atoms with Crippen LogP contribution in [0.3, 0.4) is 0 Å². The van der Waals surface area contributed by atoms with Crippen molar-refractivity contribution in [2.24, 2.45) is 0 Å². The van der Waals surface area contributed by atoms with Crippen molar-refractivity contribution < 1.29 is 8.42 Å². The summed E-state index contributed by atoms with van der Waals surface area (Å²) < 4.78 is 26.6. The Kier molecular flexibility index (Phi) is 4.76. The lowest BCUT2D eigenvalue weighted by Gasteiger charge is -2.15. The molecule has 0 bridgehead atoms. The van der Waals surface area contributed by atoms with Gasteiger partial charge in [0.25, 0.3) is 0 Å². The van der Waals surface area contributed by atoms with Crippen LogP contribution >= 0.6 is 0 Å².